The highest BCUT2D eigenvalue weighted by molar-refractivity contribution is 5.71. The number of nitrogens with zero attached hydrogens (tertiary/aromatic N) is 2. The second-order valence-electron chi connectivity index (χ2n) is 4.71. The van der Waals surface area contributed by atoms with E-state index in [0.29, 0.717) is 6.61 Å². The van der Waals surface area contributed by atoms with E-state index in [4.69, 9.17) is 4.74 Å². The summed E-state index contributed by atoms with van der Waals surface area (Å²) >= 11 is 0. The fourth-order valence-corrected chi connectivity index (χ4v) is 2.07. The van der Waals surface area contributed by atoms with Crippen LogP contribution in [0.3, 0.4) is 0 Å². The molecule has 102 valence electrons. The molecule has 0 unspecified atom stereocenters. The number of rotatable bonds is 6. The third kappa shape index (κ3) is 3.81. The molecule has 0 spiro atoms. The first-order valence-electron chi connectivity index (χ1n) is 6.83. The molecule has 0 N–H and O–H groups in total. The number of ether oxygens (including phenoxy) is 1. The SMILES string of the molecule is CCCC/C=N/N1C(=O)OC[C@@H]1Cc1ccccc1. The van der Waals surface area contributed by atoms with Crippen molar-refractivity contribution in [1.82, 2.24) is 5.01 Å². The molecule has 1 aromatic rings. The van der Waals surface area contributed by atoms with Gasteiger partial charge in [0.2, 0.25) is 0 Å². The Kier molecular flexibility index (Phi) is 4.95. The number of hydrogen-bond acceptors (Lipinski definition) is 3. The highest BCUT2D eigenvalue weighted by atomic mass is 16.6. The minimum absolute atomic E-state index is 0.00720. The first-order valence-corrected chi connectivity index (χ1v) is 6.83. The number of unbranched alkanes of at least 4 members (excludes halogenated alkanes) is 2. The van der Waals surface area contributed by atoms with Crippen LogP contribution in [0.1, 0.15) is 31.7 Å². The van der Waals surface area contributed by atoms with Crippen molar-refractivity contribution in [1.29, 1.82) is 0 Å². The third-order valence-electron chi connectivity index (χ3n) is 3.14. The Bertz CT molecular complexity index is 431. The molecular weight excluding hydrogens is 240 g/mol. The molecule has 0 aliphatic carbocycles. The Morgan fingerprint density at radius 2 is 2.21 bits per heavy atom. The Morgan fingerprint density at radius 1 is 1.42 bits per heavy atom. The van der Waals surface area contributed by atoms with Crippen LogP contribution in [0.4, 0.5) is 4.79 Å². The Balaban J connectivity index is 1.95. The lowest BCUT2D eigenvalue weighted by atomic mass is 10.1. The van der Waals surface area contributed by atoms with Crippen molar-refractivity contribution in [2.24, 2.45) is 5.10 Å². The maximum Gasteiger partial charge on any atom is 0.430 e. The molecule has 1 atom stereocenters. The maximum atomic E-state index is 11.6. The van der Waals surface area contributed by atoms with Crippen LogP contribution in [0.2, 0.25) is 0 Å². The van der Waals surface area contributed by atoms with Gasteiger partial charge in [-0.2, -0.15) is 10.1 Å². The molecular formula is C15H20N2O2. The summed E-state index contributed by atoms with van der Waals surface area (Å²) in [4.78, 5) is 11.6. The molecule has 0 radical (unpaired) electrons. The molecule has 0 aromatic heterocycles. The lowest BCUT2D eigenvalue weighted by molar-refractivity contribution is 0.159. The van der Waals surface area contributed by atoms with Crippen molar-refractivity contribution >= 4 is 12.3 Å². The van der Waals surface area contributed by atoms with Crippen LogP contribution in [0.5, 0.6) is 0 Å². The predicted molar refractivity (Wildman–Crippen MR) is 75.1 cm³/mol. The van der Waals surface area contributed by atoms with Crippen molar-refractivity contribution in [3.8, 4) is 0 Å². The largest absolute Gasteiger partial charge is 0.446 e. The quantitative estimate of drug-likeness (QED) is 0.582. The Labute approximate surface area is 114 Å². The highest BCUT2D eigenvalue weighted by Crippen LogP contribution is 2.17. The van der Waals surface area contributed by atoms with Crippen LogP contribution in [0, 0.1) is 0 Å². The standard InChI is InChI=1S/C15H20N2O2/c1-2-3-7-10-16-17-14(12-19-15(17)18)11-13-8-5-4-6-9-13/h4-6,8-10,14H,2-3,7,11-12H2,1H3/b16-10+/t14-/m0/s1. The summed E-state index contributed by atoms with van der Waals surface area (Å²) in [5.41, 5.74) is 1.19. The van der Waals surface area contributed by atoms with Gasteiger partial charge >= 0.3 is 6.09 Å². The molecule has 1 heterocycles. The van der Waals surface area contributed by atoms with Crippen LogP contribution < -0.4 is 0 Å². The number of cyclic esters (lactones) is 1. The molecule has 1 aliphatic heterocycles. The van der Waals surface area contributed by atoms with Gasteiger partial charge in [0.1, 0.15) is 6.61 Å². The molecule has 0 bridgehead atoms. The summed E-state index contributed by atoms with van der Waals surface area (Å²) in [6.07, 6.45) is 5.37. The van der Waals surface area contributed by atoms with Crippen molar-refractivity contribution in [2.75, 3.05) is 6.61 Å². The zero-order valence-corrected chi connectivity index (χ0v) is 11.3. The summed E-state index contributed by atoms with van der Waals surface area (Å²) in [5, 5.41) is 5.73. The number of carbonyl (C=O) groups excluding carboxylic acids is 1. The van der Waals surface area contributed by atoms with Crippen LogP contribution in [-0.2, 0) is 11.2 Å². The smallest absolute Gasteiger partial charge is 0.430 e. The average molecular weight is 260 g/mol. The lowest BCUT2D eigenvalue weighted by Crippen LogP contribution is -2.30. The maximum absolute atomic E-state index is 11.6. The number of benzene rings is 1. The van der Waals surface area contributed by atoms with Crippen LogP contribution in [0.15, 0.2) is 35.4 Å². The summed E-state index contributed by atoms with van der Waals surface area (Å²) in [5.74, 6) is 0. The fraction of sp³-hybridized carbons (Fsp3) is 0.467. The molecule has 4 heteroatoms. The summed E-state index contributed by atoms with van der Waals surface area (Å²) in [7, 11) is 0. The molecule has 1 aromatic carbocycles. The first-order chi connectivity index (χ1) is 9.31. The molecule has 2 rings (SSSR count). The summed E-state index contributed by atoms with van der Waals surface area (Å²) < 4.78 is 5.08. The van der Waals surface area contributed by atoms with E-state index in [1.165, 1.54) is 10.6 Å². The molecule has 1 fully saturated rings. The van der Waals surface area contributed by atoms with E-state index >= 15 is 0 Å². The van der Waals surface area contributed by atoms with E-state index in [-0.39, 0.29) is 12.1 Å². The van der Waals surface area contributed by atoms with E-state index in [2.05, 4.69) is 24.2 Å². The van der Waals surface area contributed by atoms with Crippen molar-refractivity contribution in [3.63, 3.8) is 0 Å². The van der Waals surface area contributed by atoms with E-state index in [1.807, 2.05) is 24.4 Å². The molecule has 19 heavy (non-hydrogen) atoms. The van der Waals surface area contributed by atoms with Gasteiger partial charge in [0, 0.05) is 6.21 Å². The second kappa shape index (κ2) is 6.92. The topological polar surface area (TPSA) is 41.9 Å². The van der Waals surface area contributed by atoms with Gasteiger partial charge in [-0.15, -0.1) is 0 Å². The number of carbonyl (C=O) groups is 1. The molecule has 4 nitrogen and oxygen atoms in total. The van der Waals surface area contributed by atoms with Crippen LogP contribution in [-0.4, -0.2) is 30.0 Å². The zero-order valence-electron chi connectivity index (χ0n) is 11.3. The van der Waals surface area contributed by atoms with Gasteiger partial charge in [0.15, 0.2) is 0 Å². The summed E-state index contributed by atoms with van der Waals surface area (Å²) in [6, 6.07) is 10.1. The minimum atomic E-state index is -0.339. The van der Waals surface area contributed by atoms with E-state index in [9.17, 15) is 4.79 Å². The average Bonchev–Trinajstić information content (AvgIpc) is 2.77. The predicted octanol–water partition coefficient (Wildman–Crippen LogP) is 3.23. The minimum Gasteiger partial charge on any atom is -0.446 e. The number of hydrazone groups is 1. The third-order valence-corrected chi connectivity index (χ3v) is 3.14. The van der Waals surface area contributed by atoms with E-state index in [0.717, 1.165) is 25.7 Å². The molecule has 1 amide bonds. The van der Waals surface area contributed by atoms with Gasteiger partial charge in [0.25, 0.3) is 0 Å². The van der Waals surface area contributed by atoms with Gasteiger partial charge in [-0.25, -0.2) is 4.79 Å². The van der Waals surface area contributed by atoms with E-state index in [1.54, 1.807) is 0 Å². The van der Waals surface area contributed by atoms with Gasteiger partial charge in [-0.1, -0.05) is 43.7 Å². The van der Waals surface area contributed by atoms with Crippen molar-refractivity contribution in [2.45, 2.75) is 38.6 Å². The zero-order chi connectivity index (χ0) is 13.5. The first kappa shape index (κ1) is 13.6. The van der Waals surface area contributed by atoms with Crippen LogP contribution in [0.25, 0.3) is 0 Å². The highest BCUT2D eigenvalue weighted by Gasteiger charge is 2.32. The molecule has 1 aliphatic rings. The van der Waals surface area contributed by atoms with Gasteiger partial charge in [0.05, 0.1) is 6.04 Å². The number of hydrogen-bond donors (Lipinski definition) is 0. The van der Waals surface area contributed by atoms with Crippen molar-refractivity contribution in [3.05, 3.63) is 35.9 Å². The van der Waals surface area contributed by atoms with E-state index < -0.39 is 0 Å². The monoisotopic (exact) mass is 260 g/mol. The van der Waals surface area contributed by atoms with Crippen molar-refractivity contribution < 1.29 is 9.53 Å². The summed E-state index contributed by atoms with van der Waals surface area (Å²) in [6.45, 7) is 2.55. The Hall–Kier alpha value is -1.84. The normalized spacial score (nSPS) is 19.1. The fourth-order valence-electron chi connectivity index (χ4n) is 2.07. The van der Waals surface area contributed by atoms with Gasteiger partial charge in [-0.05, 0) is 24.8 Å². The lowest BCUT2D eigenvalue weighted by Gasteiger charge is -2.15. The van der Waals surface area contributed by atoms with Crippen LogP contribution >= 0.6 is 0 Å². The second-order valence-corrected chi connectivity index (χ2v) is 4.71. The number of amides is 1. The molecule has 0 saturated carbocycles. The van der Waals surface area contributed by atoms with Gasteiger partial charge < -0.3 is 4.74 Å². The molecule has 1 saturated heterocycles. The van der Waals surface area contributed by atoms with Gasteiger partial charge in [-0.3, -0.25) is 0 Å². The Morgan fingerprint density at radius 3 is 2.95 bits per heavy atom.